The fraction of sp³-hybridized carbons (Fsp3) is 0.667. The largest absolute Gasteiger partial charge is 0.381 e. The van der Waals surface area contributed by atoms with Gasteiger partial charge in [0.25, 0.3) is 0 Å². The minimum atomic E-state index is 0.469. The minimum absolute atomic E-state index is 0.469. The van der Waals surface area contributed by atoms with E-state index in [4.69, 9.17) is 15.6 Å². The number of nitrogens with two attached hydrogens (primary N) is 1. The maximum Gasteiger partial charge on any atom is 0.232 e. The van der Waals surface area contributed by atoms with Crippen LogP contribution in [-0.2, 0) is 18.3 Å². The maximum absolute atomic E-state index is 5.77. The maximum atomic E-state index is 5.77. The van der Waals surface area contributed by atoms with Crippen LogP contribution in [0.15, 0.2) is 0 Å². The number of rotatable bonds is 2. The number of aromatic nitrogens is 4. The van der Waals surface area contributed by atoms with Gasteiger partial charge in [-0.25, -0.2) is 4.98 Å². The molecule has 2 N–H and O–H groups in total. The van der Waals surface area contributed by atoms with Gasteiger partial charge in [0.05, 0.1) is 11.4 Å². The van der Waals surface area contributed by atoms with Crippen LogP contribution in [-0.4, -0.2) is 32.4 Å². The molecular weight excluding hydrogens is 230 g/mol. The number of nitrogens with zero attached hydrogens (tertiary/aromatic N) is 4. The van der Waals surface area contributed by atoms with E-state index >= 15 is 0 Å². The zero-order chi connectivity index (χ0) is 12.7. The Labute approximate surface area is 106 Å². The number of fused-ring (bicyclic) bond motifs is 1. The molecule has 0 aliphatic carbocycles. The lowest BCUT2D eigenvalue weighted by Crippen LogP contribution is -2.17. The van der Waals surface area contributed by atoms with Gasteiger partial charge in [0.15, 0.2) is 0 Å². The predicted molar refractivity (Wildman–Crippen MR) is 67.4 cm³/mol. The van der Waals surface area contributed by atoms with Crippen LogP contribution in [0.4, 0.5) is 0 Å². The highest BCUT2D eigenvalue weighted by atomic mass is 16.5. The van der Waals surface area contributed by atoms with E-state index < -0.39 is 0 Å². The van der Waals surface area contributed by atoms with Gasteiger partial charge in [0.1, 0.15) is 5.82 Å². The topological polar surface area (TPSA) is 70.4 Å². The smallest absolute Gasteiger partial charge is 0.232 e. The van der Waals surface area contributed by atoms with Crippen LogP contribution >= 0.6 is 0 Å². The van der Waals surface area contributed by atoms with Gasteiger partial charge in [0, 0.05) is 32.7 Å². The van der Waals surface area contributed by atoms with Crippen molar-refractivity contribution in [3.63, 3.8) is 0 Å². The first kappa shape index (κ1) is 11.7. The van der Waals surface area contributed by atoms with Crippen molar-refractivity contribution in [3.8, 4) is 0 Å². The highest BCUT2D eigenvalue weighted by Gasteiger charge is 2.23. The van der Waals surface area contributed by atoms with Gasteiger partial charge >= 0.3 is 0 Å². The lowest BCUT2D eigenvalue weighted by Gasteiger charge is -2.20. The van der Waals surface area contributed by atoms with Crippen molar-refractivity contribution >= 4 is 5.78 Å². The average Bonchev–Trinajstić information content (AvgIpc) is 2.87. The highest BCUT2D eigenvalue weighted by molar-refractivity contribution is 5.36. The van der Waals surface area contributed by atoms with E-state index in [2.05, 4.69) is 9.55 Å². The highest BCUT2D eigenvalue weighted by Crippen LogP contribution is 2.26. The Bertz CT molecular complexity index is 565. The molecule has 3 heterocycles. The second-order valence-corrected chi connectivity index (χ2v) is 4.86. The third-order valence-electron chi connectivity index (χ3n) is 3.76. The summed E-state index contributed by atoms with van der Waals surface area (Å²) in [4.78, 5) is 4.55. The standard InChI is InChI=1S/C12H19N5O/c1-8-10(7-13)17-12(14-8)16(2)11(15-17)9-3-5-18-6-4-9/h9H,3-7,13H2,1-2H3. The summed E-state index contributed by atoms with van der Waals surface area (Å²) < 4.78 is 9.38. The quantitative estimate of drug-likeness (QED) is 0.851. The average molecular weight is 249 g/mol. The van der Waals surface area contributed by atoms with Gasteiger partial charge in [-0.1, -0.05) is 0 Å². The second-order valence-electron chi connectivity index (χ2n) is 4.86. The summed E-state index contributed by atoms with van der Waals surface area (Å²) in [5.41, 5.74) is 7.73. The van der Waals surface area contributed by atoms with Gasteiger partial charge < -0.3 is 10.5 Å². The second kappa shape index (κ2) is 4.37. The summed E-state index contributed by atoms with van der Waals surface area (Å²) >= 11 is 0. The van der Waals surface area contributed by atoms with Crippen LogP contribution in [0.3, 0.4) is 0 Å². The molecule has 1 aliphatic rings. The molecule has 2 aromatic rings. The van der Waals surface area contributed by atoms with Crippen molar-refractivity contribution in [2.24, 2.45) is 12.8 Å². The Morgan fingerprint density at radius 3 is 2.78 bits per heavy atom. The molecule has 0 radical (unpaired) electrons. The zero-order valence-corrected chi connectivity index (χ0v) is 10.9. The Morgan fingerprint density at radius 1 is 1.39 bits per heavy atom. The van der Waals surface area contributed by atoms with E-state index in [9.17, 15) is 0 Å². The molecule has 6 nitrogen and oxygen atoms in total. The fourth-order valence-electron chi connectivity index (χ4n) is 2.68. The molecule has 0 amide bonds. The Balaban J connectivity index is 2.08. The third-order valence-corrected chi connectivity index (χ3v) is 3.76. The van der Waals surface area contributed by atoms with Crippen LogP contribution in [0.1, 0.15) is 36.0 Å². The van der Waals surface area contributed by atoms with E-state index in [0.29, 0.717) is 12.5 Å². The summed E-state index contributed by atoms with van der Waals surface area (Å²) in [7, 11) is 2.03. The zero-order valence-electron chi connectivity index (χ0n) is 10.9. The third kappa shape index (κ3) is 1.64. The summed E-state index contributed by atoms with van der Waals surface area (Å²) in [6.07, 6.45) is 2.07. The van der Waals surface area contributed by atoms with Crippen molar-refractivity contribution in [3.05, 3.63) is 17.2 Å². The first-order valence-electron chi connectivity index (χ1n) is 6.41. The molecule has 0 unspecified atom stereocenters. The molecular formula is C12H19N5O. The molecule has 1 fully saturated rings. The summed E-state index contributed by atoms with van der Waals surface area (Å²) in [5, 5.41) is 4.71. The summed E-state index contributed by atoms with van der Waals surface area (Å²) in [6.45, 7) is 4.09. The normalized spacial score (nSPS) is 17.7. The van der Waals surface area contributed by atoms with E-state index in [-0.39, 0.29) is 0 Å². The predicted octanol–water partition coefficient (Wildman–Crippen LogP) is 0.729. The van der Waals surface area contributed by atoms with Gasteiger partial charge in [-0.15, -0.1) is 0 Å². The van der Waals surface area contributed by atoms with E-state index in [0.717, 1.165) is 49.0 Å². The van der Waals surface area contributed by atoms with Crippen molar-refractivity contribution in [2.75, 3.05) is 13.2 Å². The molecule has 1 aliphatic heterocycles. The molecule has 2 aromatic heterocycles. The molecule has 0 spiro atoms. The number of imidazole rings is 1. The van der Waals surface area contributed by atoms with Crippen LogP contribution in [0.5, 0.6) is 0 Å². The van der Waals surface area contributed by atoms with Crippen molar-refractivity contribution in [1.82, 2.24) is 19.2 Å². The number of hydrogen-bond acceptors (Lipinski definition) is 4. The molecule has 0 atom stereocenters. The Kier molecular flexibility index (Phi) is 2.83. The molecule has 0 saturated carbocycles. The molecule has 18 heavy (non-hydrogen) atoms. The van der Waals surface area contributed by atoms with Gasteiger partial charge in [-0.05, 0) is 19.8 Å². The fourth-order valence-corrected chi connectivity index (χ4v) is 2.68. The van der Waals surface area contributed by atoms with E-state index in [1.165, 1.54) is 0 Å². The van der Waals surface area contributed by atoms with Crippen molar-refractivity contribution < 1.29 is 4.74 Å². The van der Waals surface area contributed by atoms with Crippen molar-refractivity contribution in [2.45, 2.75) is 32.2 Å². The number of ether oxygens (including phenoxy) is 1. The lowest BCUT2D eigenvalue weighted by molar-refractivity contribution is 0.0829. The molecule has 0 bridgehead atoms. The lowest BCUT2D eigenvalue weighted by atomic mass is 10.00. The van der Waals surface area contributed by atoms with Gasteiger partial charge in [-0.2, -0.15) is 9.61 Å². The monoisotopic (exact) mass is 249 g/mol. The van der Waals surface area contributed by atoms with E-state index in [1.807, 2.05) is 18.5 Å². The summed E-state index contributed by atoms with van der Waals surface area (Å²) in [5.74, 6) is 2.45. The molecule has 6 heteroatoms. The van der Waals surface area contributed by atoms with Gasteiger partial charge in [0.2, 0.25) is 5.78 Å². The number of hydrogen-bond donors (Lipinski definition) is 1. The van der Waals surface area contributed by atoms with Crippen LogP contribution in [0.25, 0.3) is 5.78 Å². The van der Waals surface area contributed by atoms with E-state index in [1.54, 1.807) is 0 Å². The van der Waals surface area contributed by atoms with Crippen LogP contribution in [0, 0.1) is 6.92 Å². The molecule has 0 aromatic carbocycles. The molecule has 98 valence electrons. The Morgan fingerprint density at radius 2 is 2.11 bits per heavy atom. The van der Waals surface area contributed by atoms with Crippen molar-refractivity contribution in [1.29, 1.82) is 0 Å². The first-order valence-corrected chi connectivity index (χ1v) is 6.41. The van der Waals surface area contributed by atoms with Crippen LogP contribution < -0.4 is 5.73 Å². The molecule has 3 rings (SSSR count). The SMILES string of the molecule is Cc1nc2n(C)c(C3CCOCC3)nn2c1CN. The minimum Gasteiger partial charge on any atom is -0.381 e. The number of aryl methyl sites for hydroxylation is 2. The first-order chi connectivity index (χ1) is 8.72. The van der Waals surface area contributed by atoms with Gasteiger partial charge in [-0.3, -0.25) is 4.57 Å². The summed E-state index contributed by atoms with van der Waals surface area (Å²) in [6, 6.07) is 0. The van der Waals surface area contributed by atoms with Crippen LogP contribution in [0.2, 0.25) is 0 Å². The molecule has 1 saturated heterocycles. The Hall–Kier alpha value is -1.40.